The van der Waals surface area contributed by atoms with Gasteiger partial charge in [-0.2, -0.15) is 0 Å². The second-order valence-corrected chi connectivity index (χ2v) is 4.77. The number of nitrogens with zero attached hydrogens (tertiary/aromatic N) is 4. The number of likely N-dealkylation sites (N-methyl/N-ethyl adjacent to an activating group) is 1. The normalized spacial score (nSPS) is 17.9. The maximum Gasteiger partial charge on any atom is 0.356 e. The van der Waals surface area contributed by atoms with Gasteiger partial charge in [0.05, 0.1) is 17.8 Å². The molecule has 1 saturated heterocycles. The van der Waals surface area contributed by atoms with Crippen molar-refractivity contribution in [2.75, 3.05) is 33.2 Å². The fourth-order valence-corrected chi connectivity index (χ4v) is 2.01. The fraction of sp³-hybridized carbons (Fsp3) is 0.545. The Morgan fingerprint density at radius 1 is 1.44 bits per heavy atom. The van der Waals surface area contributed by atoms with Gasteiger partial charge < -0.3 is 10.0 Å². The van der Waals surface area contributed by atoms with E-state index in [1.54, 1.807) is 0 Å². The van der Waals surface area contributed by atoms with Crippen LogP contribution < -0.4 is 0 Å². The van der Waals surface area contributed by atoms with Crippen molar-refractivity contribution in [3.63, 3.8) is 0 Å². The maximum absolute atomic E-state index is 10.9. The van der Waals surface area contributed by atoms with E-state index in [2.05, 4.69) is 26.8 Å². The molecule has 18 heavy (non-hydrogen) atoms. The summed E-state index contributed by atoms with van der Waals surface area (Å²) in [5.41, 5.74) is -0.129. The molecule has 0 unspecified atom stereocenters. The van der Waals surface area contributed by atoms with Gasteiger partial charge in [-0.05, 0) is 7.05 Å². The largest absolute Gasteiger partial charge is 0.476 e. The second kappa shape index (κ2) is 5.60. The Labute approximate surface area is 110 Å². The molecule has 0 amide bonds. The number of piperazine rings is 1. The van der Waals surface area contributed by atoms with Crippen molar-refractivity contribution in [1.29, 1.82) is 0 Å². The first kappa shape index (κ1) is 13.2. The maximum atomic E-state index is 10.9. The van der Waals surface area contributed by atoms with Gasteiger partial charge >= 0.3 is 5.97 Å². The van der Waals surface area contributed by atoms with Crippen LogP contribution in [0.25, 0.3) is 0 Å². The van der Waals surface area contributed by atoms with E-state index in [1.807, 2.05) is 0 Å². The molecule has 2 heterocycles. The molecule has 6 nitrogen and oxygen atoms in total. The Bertz CT molecular complexity index is 447. The van der Waals surface area contributed by atoms with Gasteiger partial charge in [0.25, 0.3) is 0 Å². The van der Waals surface area contributed by atoms with Crippen LogP contribution in [0.1, 0.15) is 16.3 Å². The van der Waals surface area contributed by atoms with E-state index >= 15 is 0 Å². The Hall–Kier alpha value is -1.24. The number of aromatic nitrogens is 2. The van der Waals surface area contributed by atoms with Crippen LogP contribution >= 0.6 is 11.6 Å². The van der Waals surface area contributed by atoms with Gasteiger partial charge in [0.1, 0.15) is 5.82 Å². The third-order valence-corrected chi connectivity index (χ3v) is 3.23. The third-order valence-electron chi connectivity index (χ3n) is 2.96. The summed E-state index contributed by atoms with van der Waals surface area (Å²) < 4.78 is 0. The zero-order chi connectivity index (χ0) is 13.1. The summed E-state index contributed by atoms with van der Waals surface area (Å²) in [6.07, 6.45) is 1.35. The van der Waals surface area contributed by atoms with E-state index in [4.69, 9.17) is 16.7 Å². The van der Waals surface area contributed by atoms with Crippen LogP contribution in [-0.2, 0) is 6.54 Å². The third kappa shape index (κ3) is 3.16. The van der Waals surface area contributed by atoms with Crippen LogP contribution in [0.2, 0.25) is 5.02 Å². The summed E-state index contributed by atoms with van der Waals surface area (Å²) in [5, 5.41) is 9.01. The van der Waals surface area contributed by atoms with E-state index in [0.29, 0.717) is 12.4 Å². The molecule has 0 atom stereocenters. The zero-order valence-corrected chi connectivity index (χ0v) is 10.9. The van der Waals surface area contributed by atoms with E-state index in [9.17, 15) is 4.79 Å². The molecule has 7 heteroatoms. The molecule has 0 spiro atoms. The molecule has 2 rings (SSSR count). The molecule has 0 aromatic carbocycles. The predicted octanol–water partition coefficient (Wildman–Crippen LogP) is 0.576. The summed E-state index contributed by atoms with van der Waals surface area (Å²) in [6.45, 7) is 4.43. The van der Waals surface area contributed by atoms with Crippen LogP contribution in [0.4, 0.5) is 0 Å². The van der Waals surface area contributed by atoms with Crippen molar-refractivity contribution in [3.05, 3.63) is 22.7 Å². The topological polar surface area (TPSA) is 69.6 Å². The van der Waals surface area contributed by atoms with Crippen molar-refractivity contribution in [2.24, 2.45) is 0 Å². The highest BCUT2D eigenvalue weighted by atomic mass is 35.5. The highest BCUT2D eigenvalue weighted by Gasteiger charge is 2.17. The summed E-state index contributed by atoms with van der Waals surface area (Å²) in [6, 6.07) is 0. The molecule has 1 fully saturated rings. The second-order valence-electron chi connectivity index (χ2n) is 4.37. The van der Waals surface area contributed by atoms with Gasteiger partial charge in [-0.3, -0.25) is 4.90 Å². The lowest BCUT2D eigenvalue weighted by atomic mass is 10.3. The van der Waals surface area contributed by atoms with Gasteiger partial charge in [0, 0.05) is 26.2 Å². The first-order valence-electron chi connectivity index (χ1n) is 5.72. The molecule has 0 bridgehead atoms. The van der Waals surface area contributed by atoms with E-state index in [0.717, 1.165) is 26.2 Å². The van der Waals surface area contributed by atoms with Crippen LogP contribution in [0.3, 0.4) is 0 Å². The van der Waals surface area contributed by atoms with Crippen molar-refractivity contribution in [2.45, 2.75) is 6.54 Å². The van der Waals surface area contributed by atoms with Crippen LogP contribution in [-0.4, -0.2) is 64.1 Å². The lowest BCUT2D eigenvalue weighted by Crippen LogP contribution is -2.44. The standard InChI is InChI=1S/C11H15ClN4O2/c1-15-2-4-16(5-3-15)7-9-13-6-8(12)10(14-9)11(17)18/h6H,2-5,7H2,1H3,(H,17,18). The molecule has 0 radical (unpaired) electrons. The zero-order valence-electron chi connectivity index (χ0n) is 10.1. The van der Waals surface area contributed by atoms with E-state index in [-0.39, 0.29) is 10.7 Å². The highest BCUT2D eigenvalue weighted by molar-refractivity contribution is 6.33. The van der Waals surface area contributed by atoms with E-state index in [1.165, 1.54) is 6.20 Å². The number of hydrogen-bond acceptors (Lipinski definition) is 5. The smallest absolute Gasteiger partial charge is 0.356 e. The first-order valence-corrected chi connectivity index (χ1v) is 6.09. The Balaban J connectivity index is 2.05. The molecular weight excluding hydrogens is 256 g/mol. The van der Waals surface area contributed by atoms with Crippen molar-refractivity contribution in [3.8, 4) is 0 Å². The van der Waals surface area contributed by atoms with Crippen molar-refractivity contribution in [1.82, 2.24) is 19.8 Å². The summed E-state index contributed by atoms with van der Waals surface area (Å²) >= 11 is 5.73. The number of aromatic carboxylic acids is 1. The minimum absolute atomic E-state index is 0.0737. The van der Waals surface area contributed by atoms with Crippen LogP contribution in [0, 0.1) is 0 Å². The van der Waals surface area contributed by atoms with Crippen molar-refractivity contribution >= 4 is 17.6 Å². The van der Waals surface area contributed by atoms with Crippen molar-refractivity contribution < 1.29 is 9.90 Å². The number of carboxylic acid groups (broad SMARTS) is 1. The van der Waals surface area contributed by atoms with Gasteiger partial charge in [-0.1, -0.05) is 11.6 Å². The molecule has 1 aromatic heterocycles. The Morgan fingerprint density at radius 2 is 2.11 bits per heavy atom. The monoisotopic (exact) mass is 270 g/mol. The molecule has 1 aliphatic heterocycles. The van der Waals surface area contributed by atoms with Gasteiger partial charge in [-0.25, -0.2) is 14.8 Å². The Morgan fingerprint density at radius 3 is 2.72 bits per heavy atom. The molecule has 0 aliphatic carbocycles. The lowest BCUT2D eigenvalue weighted by molar-refractivity contribution is 0.0689. The average Bonchev–Trinajstić information content (AvgIpc) is 2.34. The Kier molecular flexibility index (Phi) is 4.11. The minimum Gasteiger partial charge on any atom is -0.476 e. The first-order chi connectivity index (χ1) is 8.56. The van der Waals surface area contributed by atoms with E-state index < -0.39 is 5.97 Å². The molecule has 1 aromatic rings. The fourth-order valence-electron chi connectivity index (χ4n) is 1.84. The molecule has 0 saturated carbocycles. The number of hydrogen-bond donors (Lipinski definition) is 1. The summed E-state index contributed by atoms with van der Waals surface area (Å²) in [7, 11) is 2.08. The van der Waals surface area contributed by atoms with Crippen LogP contribution in [0.15, 0.2) is 6.20 Å². The van der Waals surface area contributed by atoms with Gasteiger partial charge in [0.2, 0.25) is 0 Å². The van der Waals surface area contributed by atoms with Gasteiger partial charge in [-0.15, -0.1) is 0 Å². The number of halogens is 1. The SMILES string of the molecule is CN1CCN(Cc2ncc(Cl)c(C(=O)O)n2)CC1. The lowest BCUT2D eigenvalue weighted by Gasteiger charge is -2.31. The van der Waals surface area contributed by atoms with Crippen LogP contribution in [0.5, 0.6) is 0 Å². The number of carboxylic acids is 1. The number of carbonyl (C=O) groups is 1. The summed E-state index contributed by atoms with van der Waals surface area (Å²) in [5.74, 6) is -0.622. The van der Waals surface area contributed by atoms with Gasteiger partial charge in [0.15, 0.2) is 5.69 Å². The average molecular weight is 271 g/mol. The predicted molar refractivity (Wildman–Crippen MR) is 66.8 cm³/mol. The summed E-state index contributed by atoms with van der Waals surface area (Å²) in [4.78, 5) is 23.4. The molecule has 1 N–H and O–H groups in total. The molecule has 98 valence electrons. The molecular formula is C11H15ClN4O2. The highest BCUT2D eigenvalue weighted by Crippen LogP contribution is 2.13. The minimum atomic E-state index is -1.12. The molecule has 1 aliphatic rings. The quantitative estimate of drug-likeness (QED) is 0.866. The number of rotatable bonds is 3.